The Morgan fingerprint density at radius 3 is 2.26 bits per heavy atom. The highest BCUT2D eigenvalue weighted by Crippen LogP contribution is 2.50. The number of nitrogens with zero attached hydrogens (tertiary/aromatic N) is 2. The molecule has 3 heteroatoms. The molecule has 0 saturated heterocycles. The first-order chi connectivity index (χ1) is 19.3. The molecule has 1 aliphatic carbocycles. The second-order valence-corrected chi connectivity index (χ2v) is 10.8. The maximum atomic E-state index is 4.63. The molecule has 1 atom stereocenters. The maximum absolute atomic E-state index is 4.63. The van der Waals surface area contributed by atoms with Crippen LogP contribution in [0.25, 0.3) is 39.0 Å². The van der Waals surface area contributed by atoms with Crippen LogP contribution in [0, 0.1) is 5.92 Å². The topological polar surface area (TPSA) is 16.1 Å². The predicted octanol–water partition coefficient (Wildman–Crippen LogP) is 8.34. The summed E-state index contributed by atoms with van der Waals surface area (Å²) in [5.41, 5.74) is 15.5. The third-order valence-corrected chi connectivity index (χ3v) is 8.60. The van der Waals surface area contributed by atoms with Gasteiger partial charge in [0.05, 0.1) is 0 Å². The molecule has 0 spiro atoms. The lowest BCUT2D eigenvalue weighted by Crippen LogP contribution is -2.54. The number of hydrogen-bond acceptors (Lipinski definition) is 2. The van der Waals surface area contributed by atoms with E-state index in [-0.39, 0.29) is 6.85 Å². The van der Waals surface area contributed by atoms with Crippen molar-refractivity contribution in [2.45, 2.75) is 13.3 Å². The van der Waals surface area contributed by atoms with E-state index in [4.69, 9.17) is 0 Å². The highest BCUT2D eigenvalue weighted by molar-refractivity contribution is 6.87. The number of pyridine rings is 1. The number of fused-ring (bicyclic) bond motifs is 10. The van der Waals surface area contributed by atoms with E-state index in [1.165, 1.54) is 55.7 Å². The van der Waals surface area contributed by atoms with Gasteiger partial charge in [-0.1, -0.05) is 103 Å². The Kier molecular flexibility index (Phi) is 5.00. The van der Waals surface area contributed by atoms with Crippen molar-refractivity contribution in [1.29, 1.82) is 0 Å². The molecule has 0 N–H and O–H groups in total. The van der Waals surface area contributed by atoms with E-state index in [1.54, 1.807) is 0 Å². The van der Waals surface area contributed by atoms with Crippen LogP contribution in [0.1, 0.15) is 18.9 Å². The average molecular weight is 498 g/mol. The highest BCUT2D eigenvalue weighted by atomic mass is 15.1. The van der Waals surface area contributed by atoms with Crippen molar-refractivity contribution in [3.05, 3.63) is 139 Å². The molecule has 0 amide bonds. The van der Waals surface area contributed by atoms with Gasteiger partial charge >= 0.3 is 6.85 Å². The minimum absolute atomic E-state index is 0.201. The van der Waals surface area contributed by atoms with Gasteiger partial charge in [-0.2, -0.15) is 0 Å². The van der Waals surface area contributed by atoms with E-state index in [0.29, 0.717) is 5.92 Å². The minimum Gasteiger partial charge on any atom is -0.376 e. The van der Waals surface area contributed by atoms with Crippen LogP contribution in [-0.4, -0.2) is 11.8 Å². The van der Waals surface area contributed by atoms with Gasteiger partial charge in [-0.3, -0.25) is 4.98 Å². The predicted molar refractivity (Wildman–Crippen MR) is 164 cm³/mol. The summed E-state index contributed by atoms with van der Waals surface area (Å²) in [6.45, 7) is 2.59. The summed E-state index contributed by atoms with van der Waals surface area (Å²) in [5, 5.41) is 0. The van der Waals surface area contributed by atoms with Gasteiger partial charge in [0.15, 0.2) is 0 Å². The maximum Gasteiger partial charge on any atom is 0.325 e. The summed E-state index contributed by atoms with van der Waals surface area (Å²) in [5.74, 6) is 0.468. The number of hydrogen-bond donors (Lipinski definition) is 0. The Bertz CT molecular complexity index is 1820. The summed E-state index contributed by atoms with van der Waals surface area (Å²) in [7, 11) is 0. The molecule has 39 heavy (non-hydrogen) atoms. The van der Waals surface area contributed by atoms with Crippen molar-refractivity contribution >= 4 is 29.3 Å². The van der Waals surface area contributed by atoms with Gasteiger partial charge in [-0.15, -0.1) is 0 Å². The SMILES string of the molecule is CC1CC=CC2=C1B1c3ccccc3-c3ccccc3N1c1ccc(-c3cncc(-c4ccccc4)c3)cc12. The number of para-hydroxylation sites is 1. The van der Waals surface area contributed by atoms with Gasteiger partial charge in [0, 0.05) is 46.0 Å². The van der Waals surface area contributed by atoms with Crippen molar-refractivity contribution in [3.63, 3.8) is 0 Å². The normalized spacial score (nSPS) is 16.7. The van der Waals surface area contributed by atoms with Gasteiger partial charge in [-0.25, -0.2) is 0 Å². The molecule has 3 heterocycles. The highest BCUT2D eigenvalue weighted by Gasteiger charge is 2.44. The van der Waals surface area contributed by atoms with Crippen LogP contribution in [0.2, 0.25) is 0 Å². The van der Waals surface area contributed by atoms with Gasteiger partial charge in [-0.05, 0) is 64.3 Å². The molecule has 0 bridgehead atoms. The molecule has 1 unspecified atom stereocenters. The van der Waals surface area contributed by atoms with Crippen molar-refractivity contribution in [2.24, 2.45) is 5.92 Å². The number of allylic oxidation sites excluding steroid dienone is 4. The number of anilines is 2. The first kappa shape index (κ1) is 22.4. The molecular formula is C36H27BN2. The third-order valence-electron chi connectivity index (χ3n) is 8.60. The lowest BCUT2D eigenvalue weighted by atomic mass is 9.40. The molecular weight excluding hydrogens is 471 g/mol. The summed E-state index contributed by atoms with van der Waals surface area (Å²) < 4.78 is 0. The lowest BCUT2D eigenvalue weighted by molar-refractivity contribution is 0.718. The van der Waals surface area contributed by atoms with Crippen LogP contribution in [0.3, 0.4) is 0 Å². The van der Waals surface area contributed by atoms with Crippen LogP contribution >= 0.6 is 0 Å². The first-order valence-electron chi connectivity index (χ1n) is 13.8. The molecule has 184 valence electrons. The zero-order valence-corrected chi connectivity index (χ0v) is 21.9. The largest absolute Gasteiger partial charge is 0.376 e. The van der Waals surface area contributed by atoms with Crippen LogP contribution in [0.5, 0.6) is 0 Å². The Morgan fingerprint density at radius 1 is 0.667 bits per heavy atom. The van der Waals surface area contributed by atoms with Gasteiger partial charge in [0.1, 0.15) is 0 Å². The molecule has 0 fully saturated rings. The van der Waals surface area contributed by atoms with Crippen LogP contribution in [0.15, 0.2) is 133 Å². The summed E-state index contributed by atoms with van der Waals surface area (Å²) in [6, 6.07) is 37.6. The number of rotatable bonds is 2. The van der Waals surface area contributed by atoms with Crippen molar-refractivity contribution < 1.29 is 0 Å². The smallest absolute Gasteiger partial charge is 0.325 e. The van der Waals surface area contributed by atoms with Crippen LogP contribution in [-0.2, 0) is 0 Å². The molecule has 0 radical (unpaired) electrons. The first-order valence-corrected chi connectivity index (χ1v) is 13.8. The lowest BCUT2D eigenvalue weighted by Gasteiger charge is -2.46. The number of benzene rings is 4. The van der Waals surface area contributed by atoms with Crippen molar-refractivity contribution in [1.82, 2.24) is 4.98 Å². The molecule has 1 aromatic heterocycles. The molecule has 2 nitrogen and oxygen atoms in total. The Hall–Kier alpha value is -4.63. The Labute approximate surface area is 230 Å². The molecule has 5 aromatic rings. The van der Waals surface area contributed by atoms with Crippen molar-refractivity contribution in [3.8, 4) is 33.4 Å². The number of aromatic nitrogens is 1. The van der Waals surface area contributed by atoms with Crippen LogP contribution < -0.4 is 10.3 Å². The third kappa shape index (κ3) is 3.39. The van der Waals surface area contributed by atoms with E-state index in [1.807, 2.05) is 12.4 Å². The molecule has 4 aromatic carbocycles. The van der Waals surface area contributed by atoms with E-state index < -0.39 is 0 Å². The second kappa shape index (κ2) is 8.71. The van der Waals surface area contributed by atoms with Gasteiger partial charge in [0.25, 0.3) is 0 Å². The van der Waals surface area contributed by atoms with Gasteiger partial charge in [0.2, 0.25) is 0 Å². The van der Waals surface area contributed by atoms with E-state index >= 15 is 0 Å². The zero-order chi connectivity index (χ0) is 25.9. The Morgan fingerprint density at radius 2 is 1.38 bits per heavy atom. The van der Waals surface area contributed by atoms with E-state index in [2.05, 4.69) is 132 Å². The molecule has 3 aliphatic rings. The van der Waals surface area contributed by atoms with E-state index in [9.17, 15) is 0 Å². The van der Waals surface area contributed by atoms with Crippen LogP contribution in [0.4, 0.5) is 11.4 Å². The fourth-order valence-electron chi connectivity index (χ4n) is 6.81. The van der Waals surface area contributed by atoms with Gasteiger partial charge < -0.3 is 4.81 Å². The molecule has 0 saturated carbocycles. The second-order valence-electron chi connectivity index (χ2n) is 10.8. The standard InChI is InChI=1S/C36H27BN2/c1-24-10-9-15-31-32-21-26(28-20-27(22-38-23-28)25-11-3-2-4-12-25)18-19-35(32)39-34-17-8-6-14-30(34)29-13-5-7-16-33(29)37(39)36(24)31/h2-9,11-24H,10H2,1H3. The fourth-order valence-corrected chi connectivity index (χ4v) is 6.81. The molecule has 8 rings (SSSR count). The zero-order valence-electron chi connectivity index (χ0n) is 21.9. The Balaban J connectivity index is 1.35. The van der Waals surface area contributed by atoms with Crippen molar-refractivity contribution in [2.75, 3.05) is 4.81 Å². The van der Waals surface area contributed by atoms with E-state index in [0.717, 1.165) is 17.5 Å². The summed E-state index contributed by atoms with van der Waals surface area (Å²) >= 11 is 0. The monoisotopic (exact) mass is 498 g/mol. The quantitative estimate of drug-likeness (QED) is 0.228. The summed E-state index contributed by atoms with van der Waals surface area (Å²) in [6.07, 6.45) is 9.75. The summed E-state index contributed by atoms with van der Waals surface area (Å²) in [4.78, 5) is 7.23. The fraction of sp³-hybridized carbons (Fsp3) is 0.0833. The molecule has 2 aliphatic heterocycles. The minimum atomic E-state index is 0.201. The average Bonchev–Trinajstić information content (AvgIpc) is 3.01.